The van der Waals surface area contributed by atoms with E-state index in [1.54, 1.807) is 18.2 Å². The monoisotopic (exact) mass is 383 g/mol. The summed E-state index contributed by atoms with van der Waals surface area (Å²) in [6.07, 6.45) is 1.95. The average molecular weight is 384 g/mol. The van der Waals surface area contributed by atoms with Gasteiger partial charge in [0.25, 0.3) is 0 Å². The minimum Gasteiger partial charge on any atom is -0.329 e. The molecular formula is C13H22ClN3O4S2. The topological polar surface area (TPSA) is 118 Å². The first-order valence-electron chi connectivity index (χ1n) is 7.09. The van der Waals surface area contributed by atoms with E-state index < -0.39 is 20.0 Å². The zero-order valence-electron chi connectivity index (χ0n) is 12.5. The number of nitrogens with one attached hydrogen (secondary N) is 2. The van der Waals surface area contributed by atoms with Crippen LogP contribution in [0.15, 0.2) is 35.2 Å². The maximum atomic E-state index is 12.0. The summed E-state index contributed by atoms with van der Waals surface area (Å²) in [6.45, 7) is 0.0636. The van der Waals surface area contributed by atoms with E-state index in [4.69, 9.17) is 5.73 Å². The highest BCUT2D eigenvalue weighted by molar-refractivity contribution is 7.90. The lowest BCUT2D eigenvalue weighted by atomic mass is 10.2. The summed E-state index contributed by atoms with van der Waals surface area (Å²) in [6, 6.07) is 7.57. The molecule has 0 aliphatic heterocycles. The van der Waals surface area contributed by atoms with Crippen molar-refractivity contribution in [1.29, 1.82) is 0 Å². The minimum absolute atomic E-state index is 0. The first-order chi connectivity index (χ1) is 10.3. The van der Waals surface area contributed by atoms with Gasteiger partial charge in [-0.25, -0.2) is 26.3 Å². The number of halogens is 1. The SMILES string of the molecule is Cl.NCC(NS(=O)(=O)CCNS(=O)(=O)c1ccccc1)C1CC1. The fourth-order valence-corrected chi connectivity index (χ4v) is 4.54. The second-order valence-electron chi connectivity index (χ2n) is 5.33. The summed E-state index contributed by atoms with van der Waals surface area (Å²) < 4.78 is 52.7. The third-order valence-electron chi connectivity index (χ3n) is 3.49. The van der Waals surface area contributed by atoms with Gasteiger partial charge in [-0.3, -0.25) is 0 Å². The summed E-state index contributed by atoms with van der Waals surface area (Å²) in [4.78, 5) is 0.109. The molecule has 0 bridgehead atoms. The molecule has 1 aliphatic carbocycles. The van der Waals surface area contributed by atoms with Gasteiger partial charge in [-0.2, -0.15) is 0 Å². The number of hydrogen-bond acceptors (Lipinski definition) is 5. The predicted molar refractivity (Wildman–Crippen MR) is 91.4 cm³/mol. The number of rotatable bonds is 9. The smallest absolute Gasteiger partial charge is 0.240 e. The van der Waals surface area contributed by atoms with Crippen LogP contribution in [0.5, 0.6) is 0 Å². The third-order valence-corrected chi connectivity index (χ3v) is 6.37. The predicted octanol–water partition coefficient (Wildman–Crippen LogP) is 0.0434. The van der Waals surface area contributed by atoms with Crippen molar-refractivity contribution in [2.75, 3.05) is 18.8 Å². The molecule has 2 rings (SSSR count). The number of hydrogen-bond donors (Lipinski definition) is 3. The number of sulfonamides is 2. The summed E-state index contributed by atoms with van der Waals surface area (Å²) in [5, 5.41) is 0. The highest BCUT2D eigenvalue weighted by atomic mass is 35.5. The van der Waals surface area contributed by atoms with E-state index in [0.717, 1.165) is 12.8 Å². The second-order valence-corrected chi connectivity index (χ2v) is 8.97. The van der Waals surface area contributed by atoms with Crippen LogP contribution >= 0.6 is 12.4 Å². The molecule has 0 radical (unpaired) electrons. The molecule has 1 unspecified atom stereocenters. The van der Waals surface area contributed by atoms with Crippen LogP contribution in [0.4, 0.5) is 0 Å². The lowest BCUT2D eigenvalue weighted by Crippen LogP contribution is -2.44. The molecule has 0 saturated heterocycles. The summed E-state index contributed by atoms with van der Waals surface area (Å²) in [5.74, 6) is -0.0109. The Balaban J connectivity index is 0.00000264. The van der Waals surface area contributed by atoms with Gasteiger partial charge in [0.1, 0.15) is 0 Å². The molecule has 132 valence electrons. The van der Waals surface area contributed by atoms with Crippen molar-refractivity contribution in [3.05, 3.63) is 30.3 Å². The summed E-state index contributed by atoms with van der Waals surface area (Å²) in [7, 11) is -7.25. The first kappa shape index (κ1) is 20.3. The van der Waals surface area contributed by atoms with Gasteiger partial charge in [0.05, 0.1) is 10.6 Å². The van der Waals surface area contributed by atoms with E-state index in [1.165, 1.54) is 12.1 Å². The quantitative estimate of drug-likeness (QED) is 0.556. The zero-order valence-corrected chi connectivity index (χ0v) is 15.0. The number of benzene rings is 1. The Morgan fingerprint density at radius 2 is 1.74 bits per heavy atom. The van der Waals surface area contributed by atoms with Gasteiger partial charge in [-0.1, -0.05) is 18.2 Å². The van der Waals surface area contributed by atoms with Gasteiger partial charge in [0.2, 0.25) is 20.0 Å². The van der Waals surface area contributed by atoms with E-state index in [0.29, 0.717) is 5.92 Å². The van der Waals surface area contributed by atoms with Gasteiger partial charge < -0.3 is 5.73 Å². The van der Waals surface area contributed by atoms with Crippen LogP contribution in [0.1, 0.15) is 12.8 Å². The normalized spacial score (nSPS) is 16.6. The van der Waals surface area contributed by atoms with Crippen molar-refractivity contribution in [3.8, 4) is 0 Å². The van der Waals surface area contributed by atoms with E-state index in [-0.39, 0.29) is 42.2 Å². The Morgan fingerprint density at radius 1 is 1.13 bits per heavy atom. The van der Waals surface area contributed by atoms with Crippen molar-refractivity contribution in [2.45, 2.75) is 23.8 Å². The molecule has 1 fully saturated rings. The minimum atomic E-state index is -3.69. The molecule has 1 aliphatic rings. The van der Waals surface area contributed by atoms with Crippen LogP contribution in [-0.2, 0) is 20.0 Å². The molecule has 0 aromatic heterocycles. The maximum absolute atomic E-state index is 12.0. The average Bonchev–Trinajstić information content (AvgIpc) is 3.30. The maximum Gasteiger partial charge on any atom is 0.240 e. The van der Waals surface area contributed by atoms with Crippen LogP contribution in [0, 0.1) is 5.92 Å². The van der Waals surface area contributed by atoms with E-state index in [2.05, 4.69) is 9.44 Å². The molecule has 0 spiro atoms. The molecule has 1 atom stereocenters. The van der Waals surface area contributed by atoms with Gasteiger partial charge in [-0.05, 0) is 30.9 Å². The molecule has 10 heteroatoms. The summed E-state index contributed by atoms with van der Waals surface area (Å²) in [5.41, 5.74) is 5.56. The van der Waals surface area contributed by atoms with E-state index in [9.17, 15) is 16.8 Å². The van der Waals surface area contributed by atoms with E-state index >= 15 is 0 Å². The first-order valence-corrected chi connectivity index (χ1v) is 10.2. The standard InChI is InChI=1S/C13H21N3O4S2.ClH/c14-10-13(11-6-7-11)16-21(17,18)9-8-15-22(19,20)12-4-2-1-3-5-12;/h1-5,11,13,15-16H,6-10,14H2;1H. The van der Waals surface area contributed by atoms with Crippen molar-refractivity contribution in [1.82, 2.24) is 9.44 Å². The fraction of sp³-hybridized carbons (Fsp3) is 0.538. The van der Waals surface area contributed by atoms with E-state index in [1.807, 2.05) is 0 Å². The molecule has 23 heavy (non-hydrogen) atoms. The van der Waals surface area contributed by atoms with Gasteiger partial charge in [0, 0.05) is 19.1 Å². The van der Waals surface area contributed by atoms with Gasteiger partial charge in [0.15, 0.2) is 0 Å². The second kappa shape index (κ2) is 8.41. The van der Waals surface area contributed by atoms with Crippen LogP contribution in [-0.4, -0.2) is 41.7 Å². The lowest BCUT2D eigenvalue weighted by Gasteiger charge is -2.16. The fourth-order valence-electron chi connectivity index (χ4n) is 2.12. The Morgan fingerprint density at radius 3 is 2.26 bits per heavy atom. The third kappa shape index (κ3) is 6.36. The van der Waals surface area contributed by atoms with Crippen LogP contribution in [0.3, 0.4) is 0 Å². The van der Waals surface area contributed by atoms with Crippen molar-refractivity contribution < 1.29 is 16.8 Å². The molecule has 1 saturated carbocycles. The van der Waals surface area contributed by atoms with Gasteiger partial charge >= 0.3 is 0 Å². The van der Waals surface area contributed by atoms with Gasteiger partial charge in [-0.15, -0.1) is 12.4 Å². The summed E-state index contributed by atoms with van der Waals surface area (Å²) >= 11 is 0. The molecule has 0 amide bonds. The number of nitrogens with two attached hydrogens (primary N) is 1. The Hall–Kier alpha value is -0.710. The molecule has 1 aromatic rings. The van der Waals surface area contributed by atoms with Crippen molar-refractivity contribution in [3.63, 3.8) is 0 Å². The lowest BCUT2D eigenvalue weighted by molar-refractivity contribution is 0.518. The largest absolute Gasteiger partial charge is 0.329 e. The van der Waals surface area contributed by atoms with Crippen LogP contribution in [0.2, 0.25) is 0 Å². The Bertz CT molecular complexity index is 691. The molecule has 7 nitrogen and oxygen atoms in total. The molecule has 1 aromatic carbocycles. The molecular weight excluding hydrogens is 362 g/mol. The van der Waals surface area contributed by atoms with Crippen molar-refractivity contribution in [2.24, 2.45) is 11.7 Å². The molecule has 4 N–H and O–H groups in total. The highest BCUT2D eigenvalue weighted by Gasteiger charge is 2.32. The van der Waals surface area contributed by atoms with Crippen molar-refractivity contribution >= 4 is 32.5 Å². The zero-order chi connectivity index (χ0) is 16.2. The van der Waals surface area contributed by atoms with Crippen LogP contribution in [0.25, 0.3) is 0 Å². The van der Waals surface area contributed by atoms with Crippen LogP contribution < -0.4 is 15.2 Å². The Kier molecular flexibility index (Phi) is 7.43. The Labute approximate surface area is 143 Å². The highest BCUT2D eigenvalue weighted by Crippen LogP contribution is 2.32. The molecule has 0 heterocycles.